The summed E-state index contributed by atoms with van der Waals surface area (Å²) in [6.45, 7) is 4.42. The number of nitrogens with one attached hydrogen (secondary N) is 1. The lowest BCUT2D eigenvalue weighted by atomic mass is 10.1. The molecule has 0 spiro atoms. The second-order valence-corrected chi connectivity index (χ2v) is 5.64. The molecule has 1 aliphatic rings. The van der Waals surface area contributed by atoms with E-state index in [1.54, 1.807) is 6.92 Å². The Balaban J connectivity index is 2.16. The SMILES string of the molecule is CCCNC(=O)N1CCN(c2cccc(C(F)(F)F)c2)C(=O)C1C. The van der Waals surface area contributed by atoms with Crippen molar-refractivity contribution in [3.63, 3.8) is 0 Å². The number of urea groups is 1. The smallest absolute Gasteiger partial charge is 0.338 e. The van der Waals surface area contributed by atoms with Gasteiger partial charge in [0.1, 0.15) is 6.04 Å². The van der Waals surface area contributed by atoms with Crippen molar-refractivity contribution in [2.24, 2.45) is 0 Å². The fourth-order valence-electron chi connectivity index (χ4n) is 2.59. The molecule has 0 saturated carbocycles. The normalized spacial score (nSPS) is 18.7. The molecule has 3 amide bonds. The van der Waals surface area contributed by atoms with Crippen molar-refractivity contribution in [1.29, 1.82) is 0 Å². The average molecular weight is 343 g/mol. The van der Waals surface area contributed by atoms with E-state index in [9.17, 15) is 22.8 Å². The van der Waals surface area contributed by atoms with E-state index in [2.05, 4.69) is 5.32 Å². The highest BCUT2D eigenvalue weighted by Crippen LogP contribution is 2.32. The molecule has 0 radical (unpaired) electrons. The first-order valence-corrected chi connectivity index (χ1v) is 7.78. The molecule has 1 N–H and O–H groups in total. The Hall–Kier alpha value is -2.25. The summed E-state index contributed by atoms with van der Waals surface area (Å²) in [7, 11) is 0. The van der Waals surface area contributed by atoms with E-state index in [0.29, 0.717) is 6.54 Å². The number of amides is 3. The number of halogens is 3. The molecule has 1 atom stereocenters. The third kappa shape index (κ3) is 3.80. The van der Waals surface area contributed by atoms with Crippen LogP contribution in [0.15, 0.2) is 24.3 Å². The van der Waals surface area contributed by atoms with Crippen molar-refractivity contribution in [3.05, 3.63) is 29.8 Å². The Labute approximate surface area is 138 Å². The number of piperazine rings is 1. The molecule has 1 heterocycles. The zero-order chi connectivity index (χ0) is 17.9. The van der Waals surface area contributed by atoms with E-state index in [1.165, 1.54) is 21.9 Å². The number of nitrogens with zero attached hydrogens (tertiary/aromatic N) is 2. The predicted octanol–water partition coefficient (Wildman–Crippen LogP) is 2.86. The van der Waals surface area contributed by atoms with Crippen LogP contribution in [0.3, 0.4) is 0 Å². The summed E-state index contributed by atoms with van der Waals surface area (Å²) in [5.41, 5.74) is -0.612. The summed E-state index contributed by atoms with van der Waals surface area (Å²) in [4.78, 5) is 27.2. The summed E-state index contributed by atoms with van der Waals surface area (Å²) >= 11 is 0. The molecule has 5 nitrogen and oxygen atoms in total. The van der Waals surface area contributed by atoms with Crippen LogP contribution < -0.4 is 10.2 Å². The highest BCUT2D eigenvalue weighted by Gasteiger charge is 2.36. The Kier molecular flexibility index (Phi) is 5.36. The lowest BCUT2D eigenvalue weighted by Crippen LogP contribution is -2.59. The van der Waals surface area contributed by atoms with Crippen LogP contribution in [0.2, 0.25) is 0 Å². The number of hydrogen-bond acceptors (Lipinski definition) is 2. The number of anilines is 1. The quantitative estimate of drug-likeness (QED) is 0.918. The van der Waals surface area contributed by atoms with E-state index in [0.717, 1.165) is 18.6 Å². The third-order valence-electron chi connectivity index (χ3n) is 3.93. The van der Waals surface area contributed by atoms with Gasteiger partial charge in [-0.2, -0.15) is 13.2 Å². The fourth-order valence-corrected chi connectivity index (χ4v) is 2.59. The van der Waals surface area contributed by atoms with Gasteiger partial charge in [0.15, 0.2) is 0 Å². The lowest BCUT2D eigenvalue weighted by Gasteiger charge is -2.39. The highest BCUT2D eigenvalue weighted by atomic mass is 19.4. The zero-order valence-electron chi connectivity index (χ0n) is 13.6. The van der Waals surface area contributed by atoms with Crippen molar-refractivity contribution in [2.45, 2.75) is 32.5 Å². The van der Waals surface area contributed by atoms with Gasteiger partial charge in [-0.3, -0.25) is 4.79 Å². The first-order valence-electron chi connectivity index (χ1n) is 7.78. The van der Waals surface area contributed by atoms with Crippen molar-refractivity contribution >= 4 is 17.6 Å². The number of hydrogen-bond donors (Lipinski definition) is 1. The van der Waals surface area contributed by atoms with Gasteiger partial charge in [0.2, 0.25) is 5.91 Å². The van der Waals surface area contributed by atoms with Gasteiger partial charge in [0.25, 0.3) is 0 Å². The molecule has 8 heteroatoms. The van der Waals surface area contributed by atoms with Crippen molar-refractivity contribution in [1.82, 2.24) is 10.2 Å². The molecule has 1 unspecified atom stereocenters. The number of alkyl halides is 3. The summed E-state index contributed by atoms with van der Waals surface area (Å²) in [6, 6.07) is 3.60. The van der Waals surface area contributed by atoms with E-state index in [1.807, 2.05) is 6.92 Å². The van der Waals surface area contributed by atoms with Gasteiger partial charge in [-0.05, 0) is 31.5 Å². The van der Waals surface area contributed by atoms with E-state index >= 15 is 0 Å². The number of carbonyl (C=O) groups is 2. The monoisotopic (exact) mass is 343 g/mol. The maximum Gasteiger partial charge on any atom is 0.416 e. The van der Waals surface area contributed by atoms with Gasteiger partial charge in [-0.1, -0.05) is 13.0 Å². The maximum atomic E-state index is 12.8. The van der Waals surface area contributed by atoms with Gasteiger partial charge in [-0.15, -0.1) is 0 Å². The molecule has 132 valence electrons. The molecule has 1 aromatic rings. The van der Waals surface area contributed by atoms with Crippen LogP contribution in [-0.4, -0.2) is 42.5 Å². The van der Waals surface area contributed by atoms with E-state index in [4.69, 9.17) is 0 Å². The van der Waals surface area contributed by atoms with Crippen LogP contribution >= 0.6 is 0 Å². The van der Waals surface area contributed by atoms with Gasteiger partial charge >= 0.3 is 12.2 Å². The zero-order valence-corrected chi connectivity index (χ0v) is 13.6. The topological polar surface area (TPSA) is 52.7 Å². The summed E-state index contributed by atoms with van der Waals surface area (Å²) in [5.74, 6) is -0.396. The second-order valence-electron chi connectivity index (χ2n) is 5.64. The van der Waals surface area contributed by atoms with Crippen LogP contribution in [-0.2, 0) is 11.0 Å². The molecule has 24 heavy (non-hydrogen) atoms. The largest absolute Gasteiger partial charge is 0.416 e. The Bertz CT molecular complexity index is 619. The van der Waals surface area contributed by atoms with Crippen LogP contribution in [0.4, 0.5) is 23.7 Å². The standard InChI is InChI=1S/C16H20F3N3O2/c1-3-7-20-15(24)21-8-9-22(14(23)11(21)2)13-6-4-5-12(10-13)16(17,18)19/h4-6,10-11H,3,7-9H2,1-2H3,(H,20,24). The van der Waals surface area contributed by atoms with Crippen molar-refractivity contribution in [3.8, 4) is 0 Å². The number of benzene rings is 1. The first-order chi connectivity index (χ1) is 11.3. The molecule has 1 aromatic carbocycles. The summed E-state index contributed by atoms with van der Waals surface area (Å²) in [6.07, 6.45) is -3.69. The van der Waals surface area contributed by atoms with Crippen LogP contribution in [0, 0.1) is 0 Å². The molecule has 0 aromatic heterocycles. The van der Waals surface area contributed by atoms with Crippen LogP contribution in [0.25, 0.3) is 0 Å². The van der Waals surface area contributed by atoms with Gasteiger partial charge in [-0.25, -0.2) is 4.79 Å². The number of rotatable bonds is 3. The molecular formula is C16H20F3N3O2. The van der Waals surface area contributed by atoms with Crippen molar-refractivity contribution in [2.75, 3.05) is 24.5 Å². The molecular weight excluding hydrogens is 323 g/mol. The van der Waals surface area contributed by atoms with Gasteiger partial charge < -0.3 is 15.1 Å². The lowest BCUT2D eigenvalue weighted by molar-refractivity contribution is -0.137. The van der Waals surface area contributed by atoms with Crippen LogP contribution in [0.5, 0.6) is 0 Å². The molecule has 1 saturated heterocycles. The highest BCUT2D eigenvalue weighted by molar-refractivity contribution is 6.00. The molecule has 1 fully saturated rings. The Morgan fingerprint density at radius 1 is 1.33 bits per heavy atom. The minimum atomic E-state index is -4.47. The minimum Gasteiger partial charge on any atom is -0.338 e. The first kappa shape index (κ1) is 18.1. The van der Waals surface area contributed by atoms with E-state index < -0.39 is 23.7 Å². The van der Waals surface area contributed by atoms with Crippen molar-refractivity contribution < 1.29 is 22.8 Å². The molecule has 1 aliphatic heterocycles. The second kappa shape index (κ2) is 7.11. The summed E-state index contributed by atoms with van der Waals surface area (Å²) < 4.78 is 38.5. The minimum absolute atomic E-state index is 0.157. The number of carbonyl (C=O) groups excluding carboxylic acids is 2. The van der Waals surface area contributed by atoms with E-state index in [-0.39, 0.29) is 24.8 Å². The third-order valence-corrected chi connectivity index (χ3v) is 3.93. The molecule has 2 rings (SSSR count). The Morgan fingerprint density at radius 2 is 2.04 bits per heavy atom. The summed E-state index contributed by atoms with van der Waals surface area (Å²) in [5, 5.41) is 2.70. The molecule has 0 aliphatic carbocycles. The Morgan fingerprint density at radius 3 is 2.67 bits per heavy atom. The molecule has 0 bridgehead atoms. The fraction of sp³-hybridized carbons (Fsp3) is 0.500. The maximum absolute atomic E-state index is 12.8. The average Bonchev–Trinajstić information content (AvgIpc) is 2.54. The van der Waals surface area contributed by atoms with Crippen LogP contribution in [0.1, 0.15) is 25.8 Å². The predicted molar refractivity (Wildman–Crippen MR) is 83.7 cm³/mol. The van der Waals surface area contributed by atoms with Gasteiger partial charge in [0.05, 0.1) is 5.56 Å². The van der Waals surface area contributed by atoms with Gasteiger partial charge in [0, 0.05) is 25.3 Å².